The van der Waals surface area contributed by atoms with Crippen molar-refractivity contribution in [3.05, 3.63) is 10.6 Å². The molecule has 0 unspecified atom stereocenters. The number of hydrogen-bond donors (Lipinski definition) is 1. The minimum atomic E-state index is -2.58. The van der Waals surface area contributed by atoms with Crippen molar-refractivity contribution in [3.63, 3.8) is 0 Å². The van der Waals surface area contributed by atoms with Gasteiger partial charge >= 0.3 is 0 Å². The molecule has 1 aromatic rings. The molecule has 0 saturated carbocycles. The molecule has 0 aliphatic carbocycles. The van der Waals surface area contributed by atoms with E-state index in [1.165, 1.54) is 4.57 Å². The third-order valence-corrected chi connectivity index (χ3v) is 1.73. The van der Waals surface area contributed by atoms with Crippen LogP contribution in [0.2, 0.25) is 0 Å². The Morgan fingerprint density at radius 3 is 2.42 bits per heavy atom. The Bertz CT molecular complexity index is 315. The third kappa shape index (κ3) is 1.52. The summed E-state index contributed by atoms with van der Waals surface area (Å²) in [7, 11) is 0. The molecule has 0 atom stereocenters. The second-order valence-electron chi connectivity index (χ2n) is 2.65. The number of nitrogens with zero attached hydrogens (tertiary/aromatic N) is 2. The van der Waals surface area contributed by atoms with E-state index in [2.05, 4.69) is 10.2 Å². The van der Waals surface area contributed by atoms with E-state index >= 15 is 0 Å². The molecule has 1 aromatic heterocycles. The number of aromatic nitrogens is 3. The van der Waals surface area contributed by atoms with Gasteiger partial charge in [-0.25, -0.2) is 8.78 Å². The van der Waals surface area contributed by atoms with Crippen molar-refractivity contribution in [3.8, 4) is 0 Å². The zero-order valence-corrected chi connectivity index (χ0v) is 7.53. The summed E-state index contributed by atoms with van der Waals surface area (Å²) in [5, 5.41) is 5.77. The van der Waals surface area contributed by atoms with Crippen molar-refractivity contribution in [2.45, 2.75) is 26.3 Å². The Balaban J connectivity index is 3.22. The van der Waals surface area contributed by atoms with Gasteiger partial charge in [0.15, 0.2) is 10.6 Å². The maximum Gasteiger partial charge on any atom is 0.297 e. The lowest BCUT2D eigenvalue weighted by Crippen LogP contribution is -2.06. The molecule has 0 fully saturated rings. The second-order valence-corrected chi connectivity index (χ2v) is 3.04. The molecule has 1 rings (SSSR count). The van der Waals surface area contributed by atoms with Gasteiger partial charge in [0.25, 0.3) is 6.43 Å². The van der Waals surface area contributed by atoms with Crippen molar-refractivity contribution in [2.75, 3.05) is 0 Å². The number of hydrogen-bond acceptors (Lipinski definition) is 2. The Kier molecular flexibility index (Phi) is 2.56. The standard InChI is InChI=1S/C6H9F2N3S/c1-3(2)11-5(4(7)8)9-10-6(11)12/h3-4H,1-2H3,(H,10,12). The van der Waals surface area contributed by atoms with Crippen LogP contribution in [0, 0.1) is 4.77 Å². The number of alkyl halides is 2. The van der Waals surface area contributed by atoms with E-state index in [1.54, 1.807) is 13.8 Å². The Morgan fingerprint density at radius 1 is 1.50 bits per heavy atom. The van der Waals surface area contributed by atoms with E-state index in [9.17, 15) is 8.78 Å². The minimum absolute atomic E-state index is 0.0970. The average Bonchev–Trinajstić information content (AvgIpc) is 2.30. The van der Waals surface area contributed by atoms with Crippen LogP contribution in [0.1, 0.15) is 32.1 Å². The molecule has 0 saturated heterocycles. The van der Waals surface area contributed by atoms with Gasteiger partial charge in [-0.1, -0.05) is 0 Å². The van der Waals surface area contributed by atoms with Crippen LogP contribution < -0.4 is 0 Å². The fourth-order valence-corrected chi connectivity index (χ4v) is 1.32. The van der Waals surface area contributed by atoms with E-state index in [1.807, 2.05) is 0 Å². The predicted octanol–water partition coefficient (Wildman–Crippen LogP) is 2.46. The summed E-state index contributed by atoms with van der Waals surface area (Å²) in [6.45, 7) is 3.55. The summed E-state index contributed by atoms with van der Waals surface area (Å²) >= 11 is 4.78. The molecule has 12 heavy (non-hydrogen) atoms. The molecule has 0 aliphatic heterocycles. The van der Waals surface area contributed by atoms with Crippen LogP contribution in [-0.2, 0) is 0 Å². The van der Waals surface area contributed by atoms with Crippen molar-refractivity contribution in [1.29, 1.82) is 0 Å². The highest BCUT2D eigenvalue weighted by Gasteiger charge is 2.17. The van der Waals surface area contributed by atoms with E-state index in [0.717, 1.165) is 0 Å². The Labute approximate surface area is 73.4 Å². The molecule has 6 heteroatoms. The van der Waals surface area contributed by atoms with Crippen molar-refractivity contribution < 1.29 is 8.78 Å². The fraction of sp³-hybridized carbons (Fsp3) is 0.667. The van der Waals surface area contributed by atoms with Crippen LogP contribution in [0.25, 0.3) is 0 Å². The topological polar surface area (TPSA) is 33.6 Å². The molecule has 68 valence electrons. The summed E-state index contributed by atoms with van der Waals surface area (Å²) in [6, 6.07) is -0.0970. The van der Waals surface area contributed by atoms with Gasteiger partial charge in [0.1, 0.15) is 0 Å². The summed E-state index contributed by atoms with van der Waals surface area (Å²) in [5.74, 6) is -0.296. The maximum atomic E-state index is 12.3. The van der Waals surface area contributed by atoms with Crippen molar-refractivity contribution in [2.24, 2.45) is 0 Å². The average molecular weight is 193 g/mol. The zero-order valence-electron chi connectivity index (χ0n) is 6.71. The first-order valence-electron chi connectivity index (χ1n) is 3.49. The SMILES string of the molecule is CC(C)n1c(C(F)F)n[nH]c1=S. The van der Waals surface area contributed by atoms with Gasteiger partial charge in [-0.3, -0.25) is 9.67 Å². The van der Waals surface area contributed by atoms with Crippen LogP contribution in [0.15, 0.2) is 0 Å². The number of nitrogens with one attached hydrogen (secondary N) is 1. The lowest BCUT2D eigenvalue weighted by Gasteiger charge is -2.08. The number of H-pyrrole nitrogens is 1. The molecular weight excluding hydrogens is 184 g/mol. The van der Waals surface area contributed by atoms with E-state index in [0.29, 0.717) is 0 Å². The van der Waals surface area contributed by atoms with E-state index in [4.69, 9.17) is 12.2 Å². The molecule has 0 radical (unpaired) electrons. The van der Waals surface area contributed by atoms with Crippen LogP contribution in [-0.4, -0.2) is 14.8 Å². The van der Waals surface area contributed by atoms with Gasteiger partial charge in [-0.05, 0) is 26.1 Å². The molecule has 0 spiro atoms. The maximum absolute atomic E-state index is 12.3. The quantitative estimate of drug-likeness (QED) is 0.732. The lowest BCUT2D eigenvalue weighted by molar-refractivity contribution is 0.133. The van der Waals surface area contributed by atoms with Crippen LogP contribution >= 0.6 is 12.2 Å². The first-order valence-corrected chi connectivity index (χ1v) is 3.89. The molecule has 0 bridgehead atoms. The predicted molar refractivity (Wildman–Crippen MR) is 42.8 cm³/mol. The van der Waals surface area contributed by atoms with Crippen LogP contribution in [0.3, 0.4) is 0 Å². The van der Waals surface area contributed by atoms with Gasteiger partial charge in [0.2, 0.25) is 0 Å². The second kappa shape index (κ2) is 3.30. The zero-order chi connectivity index (χ0) is 9.30. The van der Waals surface area contributed by atoms with Crippen molar-refractivity contribution in [1.82, 2.24) is 14.8 Å². The van der Waals surface area contributed by atoms with Gasteiger partial charge in [-0.2, -0.15) is 5.10 Å². The lowest BCUT2D eigenvalue weighted by atomic mass is 10.4. The highest BCUT2D eigenvalue weighted by Crippen LogP contribution is 2.19. The smallest absolute Gasteiger partial charge is 0.297 e. The molecule has 1 N–H and O–H groups in total. The number of aromatic amines is 1. The van der Waals surface area contributed by atoms with Gasteiger partial charge in [0, 0.05) is 6.04 Å². The highest BCUT2D eigenvalue weighted by atomic mass is 32.1. The van der Waals surface area contributed by atoms with Gasteiger partial charge in [-0.15, -0.1) is 0 Å². The molecule has 0 aliphatic rings. The minimum Gasteiger partial charge on any atom is -0.297 e. The van der Waals surface area contributed by atoms with E-state index in [-0.39, 0.29) is 16.6 Å². The molecular formula is C6H9F2N3S. The summed E-state index contributed by atoms with van der Waals surface area (Å²) in [4.78, 5) is 0. The largest absolute Gasteiger partial charge is 0.297 e. The molecule has 1 heterocycles. The molecule has 0 aromatic carbocycles. The van der Waals surface area contributed by atoms with Gasteiger partial charge in [0.05, 0.1) is 0 Å². The highest BCUT2D eigenvalue weighted by molar-refractivity contribution is 7.71. The Morgan fingerprint density at radius 2 is 2.08 bits per heavy atom. The number of rotatable bonds is 2. The summed E-state index contributed by atoms with van der Waals surface area (Å²) < 4.78 is 26.0. The van der Waals surface area contributed by atoms with Crippen molar-refractivity contribution >= 4 is 12.2 Å². The summed E-state index contributed by atoms with van der Waals surface area (Å²) in [6.07, 6.45) is -2.58. The molecule has 0 amide bonds. The van der Waals surface area contributed by atoms with E-state index < -0.39 is 6.43 Å². The van der Waals surface area contributed by atoms with Crippen LogP contribution in [0.4, 0.5) is 8.78 Å². The Hall–Kier alpha value is -0.780. The first-order chi connectivity index (χ1) is 5.54. The first kappa shape index (κ1) is 9.31. The summed E-state index contributed by atoms with van der Waals surface area (Å²) in [5.41, 5.74) is 0. The number of halogens is 2. The third-order valence-electron chi connectivity index (χ3n) is 1.44. The molecule has 3 nitrogen and oxygen atoms in total. The fourth-order valence-electron chi connectivity index (χ4n) is 0.970. The normalized spacial score (nSPS) is 11.5. The monoisotopic (exact) mass is 193 g/mol. The van der Waals surface area contributed by atoms with Crippen LogP contribution in [0.5, 0.6) is 0 Å². The van der Waals surface area contributed by atoms with Gasteiger partial charge < -0.3 is 0 Å².